The van der Waals surface area contributed by atoms with Gasteiger partial charge in [0.05, 0.1) is 11.6 Å². The topological polar surface area (TPSA) is 97.0 Å². The largest absolute Gasteiger partial charge is 0.493 e. The molecule has 276 valence electrons. The van der Waals surface area contributed by atoms with E-state index in [0.29, 0.717) is 61.4 Å². The number of piperidine rings is 1. The Bertz CT molecular complexity index is 1790. The molecule has 6 rings (SSSR count). The van der Waals surface area contributed by atoms with E-state index < -0.39 is 0 Å². The quantitative estimate of drug-likeness (QED) is 0.102. The van der Waals surface area contributed by atoms with Crippen LogP contribution in [0.5, 0.6) is 17.2 Å². The second-order valence-corrected chi connectivity index (χ2v) is 14.6. The fourth-order valence-corrected chi connectivity index (χ4v) is 7.30. The van der Waals surface area contributed by atoms with Crippen molar-refractivity contribution in [2.45, 2.75) is 59.8 Å². The minimum atomic E-state index is -0.0566. The average molecular weight is 726 g/mol. The van der Waals surface area contributed by atoms with Crippen molar-refractivity contribution in [2.24, 2.45) is 5.41 Å². The highest BCUT2D eigenvalue weighted by Gasteiger charge is 2.39. The van der Waals surface area contributed by atoms with Gasteiger partial charge in [0.15, 0.2) is 0 Å². The number of nitrogens with one attached hydrogen (secondary N) is 3. The first-order chi connectivity index (χ1) is 25.3. The van der Waals surface area contributed by atoms with Crippen molar-refractivity contribution < 1.29 is 19.0 Å². The molecule has 10 heteroatoms. The Morgan fingerprint density at radius 2 is 1.65 bits per heavy atom. The lowest BCUT2D eigenvalue weighted by Crippen LogP contribution is -2.58. The van der Waals surface area contributed by atoms with Gasteiger partial charge in [-0.1, -0.05) is 48.0 Å². The maximum atomic E-state index is 11.2. The lowest BCUT2D eigenvalue weighted by Gasteiger charge is -2.48. The summed E-state index contributed by atoms with van der Waals surface area (Å²) in [5.74, 6) is 2.10. The molecule has 0 unspecified atom stereocenters. The predicted molar refractivity (Wildman–Crippen MR) is 207 cm³/mol. The second-order valence-electron chi connectivity index (χ2n) is 14.2. The fourth-order valence-electron chi connectivity index (χ4n) is 7.06. The number of benzene rings is 3. The summed E-state index contributed by atoms with van der Waals surface area (Å²) in [6, 6.07) is 20.3. The number of aromatic nitrogens is 1. The second kappa shape index (κ2) is 18.1. The Morgan fingerprint density at radius 1 is 0.885 bits per heavy atom. The normalized spacial score (nSPS) is 15.2. The van der Waals surface area contributed by atoms with E-state index in [9.17, 15) is 4.79 Å². The maximum Gasteiger partial charge on any atom is 0.216 e. The highest BCUT2D eigenvalue weighted by molar-refractivity contribution is 6.32. The van der Waals surface area contributed by atoms with E-state index >= 15 is 0 Å². The van der Waals surface area contributed by atoms with Gasteiger partial charge >= 0.3 is 0 Å². The van der Waals surface area contributed by atoms with Crippen LogP contribution < -0.4 is 30.2 Å². The maximum absolute atomic E-state index is 11.2. The van der Waals surface area contributed by atoms with Crippen molar-refractivity contribution in [3.63, 3.8) is 0 Å². The minimum Gasteiger partial charge on any atom is -0.493 e. The smallest absolute Gasteiger partial charge is 0.216 e. The number of amides is 1. The summed E-state index contributed by atoms with van der Waals surface area (Å²) in [6.45, 7) is 14.8. The number of rotatable bonds is 17. The number of likely N-dealkylation sites (tertiary alicyclic amines) is 1. The highest BCUT2D eigenvalue weighted by Crippen LogP contribution is 2.37. The summed E-state index contributed by atoms with van der Waals surface area (Å²) in [5.41, 5.74) is 8.11. The third-order valence-corrected chi connectivity index (χ3v) is 10.7. The number of halogens is 1. The third-order valence-electron chi connectivity index (χ3n) is 10.4. The summed E-state index contributed by atoms with van der Waals surface area (Å²) >= 11 is 6.79. The first-order valence-corrected chi connectivity index (χ1v) is 18.8. The molecule has 0 saturated carbocycles. The number of hydrogen-bond acceptors (Lipinski definition) is 8. The van der Waals surface area contributed by atoms with E-state index in [-0.39, 0.29) is 5.91 Å². The Labute approximate surface area is 313 Å². The van der Waals surface area contributed by atoms with Gasteiger partial charge in [0.25, 0.3) is 0 Å². The van der Waals surface area contributed by atoms with Crippen LogP contribution in [0.25, 0.3) is 11.1 Å². The molecule has 2 saturated heterocycles. The molecular weight excluding hydrogens is 674 g/mol. The van der Waals surface area contributed by atoms with Gasteiger partial charge in [-0.2, -0.15) is 0 Å². The van der Waals surface area contributed by atoms with Crippen molar-refractivity contribution in [2.75, 3.05) is 52.4 Å². The number of ether oxygens (including phenoxy) is 3. The van der Waals surface area contributed by atoms with Gasteiger partial charge < -0.3 is 35.1 Å². The molecular formula is C42H52ClN5O4. The van der Waals surface area contributed by atoms with Crippen molar-refractivity contribution in [3.05, 3.63) is 106 Å². The van der Waals surface area contributed by atoms with E-state index in [1.165, 1.54) is 45.9 Å². The zero-order valence-electron chi connectivity index (χ0n) is 30.7. The van der Waals surface area contributed by atoms with Crippen LogP contribution in [-0.4, -0.2) is 68.2 Å². The lowest BCUT2D eigenvalue weighted by atomic mass is 9.73. The third kappa shape index (κ3) is 9.83. The number of nitrogens with zero attached hydrogens (tertiary/aromatic N) is 2. The first kappa shape index (κ1) is 37.6. The van der Waals surface area contributed by atoms with Crippen molar-refractivity contribution in [3.8, 4) is 28.4 Å². The molecule has 0 aliphatic carbocycles. The Morgan fingerprint density at radius 3 is 2.38 bits per heavy atom. The Hall–Kier alpha value is -4.15. The van der Waals surface area contributed by atoms with E-state index in [1.807, 2.05) is 24.3 Å². The van der Waals surface area contributed by atoms with Gasteiger partial charge in [0, 0.05) is 75.8 Å². The van der Waals surface area contributed by atoms with E-state index in [1.54, 1.807) is 12.4 Å². The summed E-state index contributed by atoms with van der Waals surface area (Å²) in [6.07, 6.45) is 7.18. The number of carbonyl (C=O) groups is 1. The van der Waals surface area contributed by atoms with Crippen LogP contribution in [0.2, 0.25) is 5.02 Å². The lowest BCUT2D eigenvalue weighted by molar-refractivity contribution is -0.118. The van der Waals surface area contributed by atoms with Gasteiger partial charge in [-0.25, -0.2) is 0 Å². The van der Waals surface area contributed by atoms with Crippen LogP contribution in [-0.2, 0) is 24.6 Å². The van der Waals surface area contributed by atoms with Gasteiger partial charge in [-0.05, 0) is 97.6 Å². The van der Waals surface area contributed by atoms with Crippen LogP contribution in [0.3, 0.4) is 0 Å². The van der Waals surface area contributed by atoms with Gasteiger partial charge in [-0.15, -0.1) is 0 Å². The van der Waals surface area contributed by atoms with Gasteiger partial charge in [0.1, 0.15) is 30.5 Å². The molecule has 2 aliphatic heterocycles. The SMILES string of the molecule is CC(=O)NCCNCc1cc(Cl)c(OCc2cccc(-c3cccc(OCCCN4CCC5(CC4)CNC5)c3C)c2C)cc1OCc1cccnc1. The molecule has 9 nitrogen and oxygen atoms in total. The Balaban J connectivity index is 1.09. The molecule has 1 amide bonds. The first-order valence-electron chi connectivity index (χ1n) is 18.5. The van der Waals surface area contributed by atoms with Gasteiger partial charge in [-0.3, -0.25) is 9.78 Å². The average Bonchev–Trinajstić information content (AvgIpc) is 3.13. The van der Waals surface area contributed by atoms with E-state index in [2.05, 4.69) is 76.1 Å². The summed E-state index contributed by atoms with van der Waals surface area (Å²) < 4.78 is 19.0. The van der Waals surface area contributed by atoms with Gasteiger partial charge in [0.2, 0.25) is 5.91 Å². The van der Waals surface area contributed by atoms with Crippen molar-refractivity contribution in [1.82, 2.24) is 25.8 Å². The van der Waals surface area contributed by atoms with Crippen LogP contribution in [0.15, 0.2) is 73.1 Å². The summed E-state index contributed by atoms with van der Waals surface area (Å²) in [7, 11) is 0. The monoisotopic (exact) mass is 725 g/mol. The van der Waals surface area contributed by atoms with Crippen LogP contribution in [0.4, 0.5) is 0 Å². The molecule has 0 radical (unpaired) electrons. The molecule has 0 bridgehead atoms. The molecule has 4 aromatic rings. The highest BCUT2D eigenvalue weighted by atomic mass is 35.5. The molecule has 52 heavy (non-hydrogen) atoms. The Kier molecular flexibility index (Phi) is 13.1. The number of pyridine rings is 1. The minimum absolute atomic E-state index is 0.0566. The molecule has 1 aromatic heterocycles. The zero-order chi connectivity index (χ0) is 36.3. The molecule has 0 atom stereocenters. The molecule has 3 aromatic carbocycles. The predicted octanol–water partition coefficient (Wildman–Crippen LogP) is 6.86. The van der Waals surface area contributed by atoms with E-state index in [4.69, 9.17) is 25.8 Å². The molecule has 1 spiro atoms. The van der Waals surface area contributed by atoms with Crippen LogP contribution in [0, 0.1) is 19.3 Å². The van der Waals surface area contributed by atoms with E-state index in [0.717, 1.165) is 57.7 Å². The standard InChI is InChI=1S/C42H52ClN5O4/c1-30-34(27-52-41-23-40(51-26-33-8-6-15-44-24-33)35(22-38(41)43)25-45-16-17-47-32(3)49)9-4-10-36(30)37-11-5-12-39(31(37)2)50-21-7-18-48-19-13-42(14-20-48)28-46-29-42/h4-6,8-12,15,22-24,45-46H,7,13-14,16-21,25-29H2,1-3H3,(H,47,49). The van der Waals surface area contributed by atoms with Crippen LogP contribution >= 0.6 is 11.6 Å². The zero-order valence-corrected chi connectivity index (χ0v) is 31.5. The summed E-state index contributed by atoms with van der Waals surface area (Å²) in [5, 5.41) is 10.1. The summed E-state index contributed by atoms with van der Waals surface area (Å²) in [4.78, 5) is 18.0. The molecule has 2 fully saturated rings. The van der Waals surface area contributed by atoms with Crippen LogP contribution in [0.1, 0.15) is 54.0 Å². The number of hydrogen-bond donors (Lipinski definition) is 3. The molecule has 3 heterocycles. The molecule has 2 aliphatic rings. The van der Waals surface area contributed by atoms with Crippen molar-refractivity contribution >= 4 is 17.5 Å². The fraction of sp³-hybridized carbons (Fsp3) is 0.429. The van der Waals surface area contributed by atoms with Crippen molar-refractivity contribution in [1.29, 1.82) is 0 Å². The molecule has 3 N–H and O–H groups in total. The number of carbonyl (C=O) groups excluding carboxylic acids is 1.